The molecule has 5 heteroatoms. The van der Waals surface area contributed by atoms with Crippen molar-refractivity contribution in [3.63, 3.8) is 0 Å². The fourth-order valence-corrected chi connectivity index (χ4v) is 1.77. The van der Waals surface area contributed by atoms with E-state index in [0.717, 1.165) is 12.8 Å². The lowest BCUT2D eigenvalue weighted by Gasteiger charge is -2.08. The molecule has 1 heterocycles. The normalized spacial score (nSPS) is 10.4. The Hall–Kier alpha value is -2.17. The van der Waals surface area contributed by atoms with Crippen molar-refractivity contribution >= 4 is 11.6 Å². The van der Waals surface area contributed by atoms with Gasteiger partial charge >= 0.3 is 0 Å². The molecule has 4 nitrogen and oxygen atoms in total. The summed E-state index contributed by atoms with van der Waals surface area (Å²) in [6.07, 6.45) is 1.73. The van der Waals surface area contributed by atoms with Gasteiger partial charge in [-0.15, -0.1) is 0 Å². The highest BCUT2D eigenvalue weighted by Crippen LogP contribution is 2.12. The van der Waals surface area contributed by atoms with E-state index in [1.165, 1.54) is 6.07 Å². The zero-order valence-electron chi connectivity index (χ0n) is 10.9. The maximum atomic E-state index is 13.5. The SMILES string of the molecule is CCCc1nc(N)cc(NCc2ccccc2F)n1. The first-order chi connectivity index (χ1) is 9.19. The monoisotopic (exact) mass is 260 g/mol. The Morgan fingerprint density at radius 3 is 2.79 bits per heavy atom. The molecular formula is C14H17FN4. The van der Waals surface area contributed by atoms with E-state index in [1.807, 2.05) is 0 Å². The van der Waals surface area contributed by atoms with Gasteiger partial charge in [-0.2, -0.15) is 0 Å². The Labute approximate surface area is 111 Å². The fraction of sp³-hybridized carbons (Fsp3) is 0.286. The van der Waals surface area contributed by atoms with E-state index < -0.39 is 0 Å². The lowest BCUT2D eigenvalue weighted by Crippen LogP contribution is -2.07. The highest BCUT2D eigenvalue weighted by Gasteiger charge is 2.04. The summed E-state index contributed by atoms with van der Waals surface area (Å²) in [5, 5.41) is 3.07. The molecule has 0 bridgehead atoms. The summed E-state index contributed by atoms with van der Waals surface area (Å²) in [5.74, 6) is 1.53. The quantitative estimate of drug-likeness (QED) is 0.867. The molecule has 3 N–H and O–H groups in total. The smallest absolute Gasteiger partial charge is 0.133 e. The van der Waals surface area contributed by atoms with Crippen molar-refractivity contribution in [1.82, 2.24) is 9.97 Å². The summed E-state index contributed by atoms with van der Waals surface area (Å²) in [5.41, 5.74) is 6.32. The zero-order chi connectivity index (χ0) is 13.7. The molecule has 0 saturated carbocycles. The number of halogens is 1. The Balaban J connectivity index is 2.09. The van der Waals surface area contributed by atoms with Gasteiger partial charge in [0.25, 0.3) is 0 Å². The molecule has 0 spiro atoms. The van der Waals surface area contributed by atoms with Crippen LogP contribution in [0.4, 0.5) is 16.0 Å². The van der Waals surface area contributed by atoms with E-state index >= 15 is 0 Å². The maximum Gasteiger partial charge on any atom is 0.133 e. The van der Waals surface area contributed by atoms with E-state index in [4.69, 9.17) is 5.73 Å². The third kappa shape index (κ3) is 3.64. The molecule has 0 fully saturated rings. The van der Waals surface area contributed by atoms with Gasteiger partial charge in [0.2, 0.25) is 0 Å². The minimum absolute atomic E-state index is 0.231. The lowest BCUT2D eigenvalue weighted by molar-refractivity contribution is 0.613. The van der Waals surface area contributed by atoms with Gasteiger partial charge in [-0.25, -0.2) is 14.4 Å². The number of nitrogen functional groups attached to an aromatic ring is 1. The average Bonchev–Trinajstić information content (AvgIpc) is 2.37. The predicted molar refractivity (Wildman–Crippen MR) is 74.2 cm³/mol. The number of benzene rings is 1. The van der Waals surface area contributed by atoms with Crippen LogP contribution in [0.25, 0.3) is 0 Å². The summed E-state index contributed by atoms with van der Waals surface area (Å²) in [4.78, 5) is 8.49. The second-order valence-electron chi connectivity index (χ2n) is 4.29. The Morgan fingerprint density at radius 1 is 1.26 bits per heavy atom. The molecule has 0 unspecified atom stereocenters. The molecule has 0 aliphatic carbocycles. The third-order valence-electron chi connectivity index (χ3n) is 2.68. The van der Waals surface area contributed by atoms with Gasteiger partial charge in [-0.05, 0) is 12.5 Å². The predicted octanol–water partition coefficient (Wildman–Crippen LogP) is 2.76. The standard InChI is InChI=1S/C14H17FN4/c1-2-5-13-18-12(16)8-14(19-13)17-9-10-6-3-4-7-11(10)15/h3-4,6-8H,2,5,9H2,1H3,(H3,16,17,18,19). The van der Waals surface area contributed by atoms with E-state index in [2.05, 4.69) is 22.2 Å². The molecule has 0 atom stereocenters. The fourth-order valence-electron chi connectivity index (χ4n) is 1.77. The van der Waals surface area contributed by atoms with Crippen molar-refractivity contribution in [2.75, 3.05) is 11.1 Å². The van der Waals surface area contributed by atoms with Crippen LogP contribution in [0.2, 0.25) is 0 Å². The van der Waals surface area contributed by atoms with Crippen molar-refractivity contribution in [2.24, 2.45) is 0 Å². The average molecular weight is 260 g/mol. The number of nitrogens with one attached hydrogen (secondary N) is 1. The molecule has 19 heavy (non-hydrogen) atoms. The molecular weight excluding hydrogens is 243 g/mol. The van der Waals surface area contributed by atoms with Gasteiger partial charge in [-0.1, -0.05) is 25.1 Å². The molecule has 100 valence electrons. The molecule has 0 radical (unpaired) electrons. The van der Waals surface area contributed by atoms with E-state index in [1.54, 1.807) is 24.3 Å². The number of rotatable bonds is 5. The maximum absolute atomic E-state index is 13.5. The van der Waals surface area contributed by atoms with Gasteiger partial charge in [-0.3, -0.25) is 0 Å². The summed E-state index contributed by atoms with van der Waals surface area (Å²) >= 11 is 0. The van der Waals surface area contributed by atoms with E-state index in [-0.39, 0.29) is 5.82 Å². The summed E-state index contributed by atoms with van der Waals surface area (Å²) in [6.45, 7) is 2.42. The minimum Gasteiger partial charge on any atom is -0.384 e. The first kappa shape index (κ1) is 13.3. The van der Waals surface area contributed by atoms with Gasteiger partial charge in [0.1, 0.15) is 23.3 Å². The number of aromatic nitrogens is 2. The van der Waals surface area contributed by atoms with Crippen LogP contribution >= 0.6 is 0 Å². The topological polar surface area (TPSA) is 63.8 Å². The third-order valence-corrected chi connectivity index (χ3v) is 2.68. The second-order valence-corrected chi connectivity index (χ2v) is 4.29. The minimum atomic E-state index is -0.231. The van der Waals surface area contributed by atoms with Gasteiger partial charge in [0, 0.05) is 24.6 Å². The second kappa shape index (κ2) is 6.13. The number of aryl methyl sites for hydroxylation is 1. The van der Waals surface area contributed by atoms with Crippen molar-refractivity contribution in [3.05, 3.63) is 47.5 Å². The van der Waals surface area contributed by atoms with Gasteiger partial charge in [0.15, 0.2) is 0 Å². The van der Waals surface area contributed by atoms with Crippen LogP contribution in [-0.4, -0.2) is 9.97 Å². The lowest BCUT2D eigenvalue weighted by atomic mass is 10.2. The van der Waals surface area contributed by atoms with Crippen LogP contribution in [0, 0.1) is 5.82 Å². The molecule has 0 saturated heterocycles. The van der Waals surface area contributed by atoms with Crippen LogP contribution in [0.15, 0.2) is 30.3 Å². The highest BCUT2D eigenvalue weighted by atomic mass is 19.1. The Morgan fingerprint density at radius 2 is 2.05 bits per heavy atom. The number of hydrogen-bond acceptors (Lipinski definition) is 4. The van der Waals surface area contributed by atoms with Crippen LogP contribution in [0.5, 0.6) is 0 Å². The summed E-state index contributed by atoms with van der Waals surface area (Å²) < 4.78 is 13.5. The molecule has 1 aromatic heterocycles. The number of anilines is 2. The molecule has 0 aliphatic rings. The van der Waals surface area contributed by atoms with Crippen LogP contribution in [-0.2, 0) is 13.0 Å². The number of nitrogens with zero attached hydrogens (tertiary/aromatic N) is 2. The number of nitrogens with two attached hydrogens (primary N) is 1. The largest absolute Gasteiger partial charge is 0.384 e. The Kier molecular flexibility index (Phi) is 4.28. The van der Waals surface area contributed by atoms with Crippen molar-refractivity contribution in [2.45, 2.75) is 26.3 Å². The van der Waals surface area contributed by atoms with E-state index in [9.17, 15) is 4.39 Å². The number of hydrogen-bond donors (Lipinski definition) is 2. The highest BCUT2D eigenvalue weighted by molar-refractivity contribution is 5.45. The molecule has 0 aliphatic heterocycles. The first-order valence-corrected chi connectivity index (χ1v) is 6.29. The molecule has 0 amide bonds. The van der Waals surface area contributed by atoms with Gasteiger partial charge in [0.05, 0.1) is 0 Å². The van der Waals surface area contributed by atoms with Crippen molar-refractivity contribution in [1.29, 1.82) is 0 Å². The van der Waals surface area contributed by atoms with E-state index in [0.29, 0.717) is 29.6 Å². The van der Waals surface area contributed by atoms with Crippen LogP contribution < -0.4 is 11.1 Å². The Bertz CT molecular complexity index is 557. The summed E-state index contributed by atoms with van der Waals surface area (Å²) in [7, 11) is 0. The zero-order valence-corrected chi connectivity index (χ0v) is 10.9. The van der Waals surface area contributed by atoms with Crippen molar-refractivity contribution < 1.29 is 4.39 Å². The molecule has 1 aromatic carbocycles. The molecule has 2 aromatic rings. The van der Waals surface area contributed by atoms with Crippen LogP contribution in [0.1, 0.15) is 24.7 Å². The summed E-state index contributed by atoms with van der Waals surface area (Å²) in [6, 6.07) is 8.30. The first-order valence-electron chi connectivity index (χ1n) is 6.29. The van der Waals surface area contributed by atoms with Gasteiger partial charge < -0.3 is 11.1 Å². The van der Waals surface area contributed by atoms with Crippen LogP contribution in [0.3, 0.4) is 0 Å². The molecule has 2 rings (SSSR count). The van der Waals surface area contributed by atoms with Crippen molar-refractivity contribution in [3.8, 4) is 0 Å².